The Balaban J connectivity index is 2.05. The van der Waals surface area contributed by atoms with Gasteiger partial charge in [0.15, 0.2) is 4.88 Å². The number of ether oxygens (including phenoxy) is 1. The van der Waals surface area contributed by atoms with Crippen LogP contribution in [0.3, 0.4) is 0 Å². The number of phenols is 1. The first-order valence-corrected chi connectivity index (χ1v) is 5.40. The largest absolute Gasteiger partial charge is 0.508 e. The molecule has 6 nitrogen and oxygen atoms in total. The van der Waals surface area contributed by atoms with Gasteiger partial charge in [0.1, 0.15) is 23.8 Å². The van der Waals surface area contributed by atoms with E-state index in [1.54, 1.807) is 12.1 Å². The van der Waals surface area contributed by atoms with E-state index >= 15 is 0 Å². The summed E-state index contributed by atoms with van der Waals surface area (Å²) in [7, 11) is 0. The predicted molar refractivity (Wildman–Crippen MR) is 59.3 cm³/mol. The Morgan fingerprint density at radius 2 is 2.06 bits per heavy atom. The fraction of sp³-hybridized carbons (Fsp3) is 0.100. The molecule has 17 heavy (non-hydrogen) atoms. The van der Waals surface area contributed by atoms with Gasteiger partial charge in [0, 0.05) is 0 Å². The van der Waals surface area contributed by atoms with E-state index in [9.17, 15) is 4.79 Å². The minimum atomic E-state index is -1.07. The summed E-state index contributed by atoms with van der Waals surface area (Å²) in [6.07, 6.45) is 0. The zero-order valence-electron chi connectivity index (χ0n) is 8.53. The van der Waals surface area contributed by atoms with Crippen LogP contribution in [0.4, 0.5) is 0 Å². The Morgan fingerprint density at radius 1 is 1.35 bits per heavy atom. The summed E-state index contributed by atoms with van der Waals surface area (Å²) >= 11 is 0.815. The first-order valence-electron chi connectivity index (χ1n) is 4.63. The highest BCUT2D eigenvalue weighted by atomic mass is 32.1. The average Bonchev–Trinajstić information content (AvgIpc) is 2.76. The number of aromatic hydroxyl groups is 1. The molecule has 2 rings (SSSR count). The molecule has 0 spiro atoms. The normalized spacial score (nSPS) is 10.1. The van der Waals surface area contributed by atoms with Crippen LogP contribution in [0.15, 0.2) is 24.3 Å². The molecule has 0 fully saturated rings. The third-order valence-corrected chi connectivity index (χ3v) is 2.72. The fourth-order valence-electron chi connectivity index (χ4n) is 1.16. The number of nitrogens with zero attached hydrogens (tertiary/aromatic N) is 2. The Morgan fingerprint density at radius 3 is 2.71 bits per heavy atom. The van der Waals surface area contributed by atoms with Crippen LogP contribution >= 0.6 is 11.5 Å². The molecule has 0 amide bonds. The second-order valence-electron chi connectivity index (χ2n) is 3.14. The van der Waals surface area contributed by atoms with Crippen LogP contribution in [0.1, 0.15) is 15.4 Å². The Hall–Kier alpha value is -2.15. The summed E-state index contributed by atoms with van der Waals surface area (Å²) in [6, 6.07) is 6.12. The second-order valence-corrected chi connectivity index (χ2v) is 3.89. The molecular formula is C10H8N2O4S. The highest BCUT2D eigenvalue weighted by molar-refractivity contribution is 7.07. The third kappa shape index (κ3) is 2.70. The number of rotatable bonds is 4. The molecule has 0 saturated heterocycles. The number of carbonyl (C=O) groups is 1. The molecular weight excluding hydrogens is 244 g/mol. The highest BCUT2D eigenvalue weighted by Crippen LogP contribution is 2.18. The molecule has 2 N–H and O–H groups in total. The summed E-state index contributed by atoms with van der Waals surface area (Å²) < 4.78 is 8.89. The van der Waals surface area contributed by atoms with E-state index in [0.29, 0.717) is 5.75 Å². The molecule has 0 aliphatic carbocycles. The van der Waals surface area contributed by atoms with Crippen molar-refractivity contribution in [3.8, 4) is 11.5 Å². The van der Waals surface area contributed by atoms with E-state index in [0.717, 1.165) is 11.5 Å². The van der Waals surface area contributed by atoms with E-state index in [1.807, 2.05) is 0 Å². The van der Waals surface area contributed by atoms with Gasteiger partial charge in [-0.05, 0) is 35.8 Å². The summed E-state index contributed by atoms with van der Waals surface area (Å²) in [5.74, 6) is -0.407. The lowest BCUT2D eigenvalue weighted by atomic mass is 10.3. The SMILES string of the molecule is O=C(O)c1snnc1COc1ccc(O)cc1. The number of hydrogen-bond acceptors (Lipinski definition) is 6. The lowest BCUT2D eigenvalue weighted by molar-refractivity contribution is 0.0699. The van der Waals surface area contributed by atoms with Crippen molar-refractivity contribution in [1.29, 1.82) is 0 Å². The predicted octanol–water partition coefficient (Wildman–Crippen LogP) is 1.52. The van der Waals surface area contributed by atoms with Gasteiger partial charge in [-0.15, -0.1) is 5.10 Å². The molecule has 7 heteroatoms. The van der Waals surface area contributed by atoms with Crippen molar-refractivity contribution in [2.45, 2.75) is 6.61 Å². The first-order chi connectivity index (χ1) is 8.16. The van der Waals surface area contributed by atoms with Crippen molar-refractivity contribution in [1.82, 2.24) is 9.59 Å². The monoisotopic (exact) mass is 252 g/mol. The van der Waals surface area contributed by atoms with Crippen LogP contribution in [-0.2, 0) is 6.61 Å². The van der Waals surface area contributed by atoms with E-state index in [2.05, 4.69) is 9.59 Å². The van der Waals surface area contributed by atoms with Gasteiger partial charge in [0.05, 0.1) is 0 Å². The van der Waals surface area contributed by atoms with Gasteiger partial charge in [-0.25, -0.2) is 4.79 Å². The van der Waals surface area contributed by atoms with Crippen LogP contribution in [0, 0.1) is 0 Å². The zero-order valence-corrected chi connectivity index (χ0v) is 9.35. The molecule has 0 aliphatic rings. The quantitative estimate of drug-likeness (QED) is 0.857. The number of aromatic carboxylic acids is 1. The van der Waals surface area contributed by atoms with Crippen molar-refractivity contribution >= 4 is 17.5 Å². The number of carboxylic acid groups (broad SMARTS) is 1. The van der Waals surface area contributed by atoms with E-state index in [-0.39, 0.29) is 22.9 Å². The van der Waals surface area contributed by atoms with Gasteiger partial charge >= 0.3 is 5.97 Å². The van der Waals surface area contributed by atoms with Gasteiger partial charge in [-0.2, -0.15) is 0 Å². The Bertz CT molecular complexity index is 523. The number of carboxylic acids is 1. The lowest BCUT2D eigenvalue weighted by Crippen LogP contribution is -2.03. The standard InChI is InChI=1S/C10H8N2O4S/c13-6-1-3-7(4-2-6)16-5-8-9(10(14)15)17-12-11-8/h1-4,13H,5H2,(H,14,15). The van der Waals surface area contributed by atoms with Crippen LogP contribution in [0.2, 0.25) is 0 Å². The van der Waals surface area contributed by atoms with Crippen LogP contribution in [0.25, 0.3) is 0 Å². The topological polar surface area (TPSA) is 92.5 Å². The Labute approximate surface area is 100 Å². The van der Waals surface area contributed by atoms with Crippen LogP contribution in [0.5, 0.6) is 11.5 Å². The molecule has 1 aromatic heterocycles. The summed E-state index contributed by atoms with van der Waals surface area (Å²) in [4.78, 5) is 10.9. The van der Waals surface area contributed by atoms with Gasteiger partial charge in [-0.3, -0.25) is 0 Å². The van der Waals surface area contributed by atoms with Crippen molar-refractivity contribution in [2.24, 2.45) is 0 Å². The summed E-state index contributed by atoms with van der Waals surface area (Å²) in [5.41, 5.74) is 0.288. The molecule has 1 heterocycles. The van der Waals surface area contributed by atoms with Crippen LogP contribution in [-0.4, -0.2) is 25.8 Å². The van der Waals surface area contributed by atoms with E-state index < -0.39 is 5.97 Å². The molecule has 88 valence electrons. The minimum absolute atomic E-state index is 0.0307. The third-order valence-electron chi connectivity index (χ3n) is 1.96. The smallest absolute Gasteiger partial charge is 0.349 e. The van der Waals surface area contributed by atoms with Gasteiger partial charge in [-0.1, -0.05) is 4.49 Å². The molecule has 0 radical (unpaired) electrons. The number of benzene rings is 1. The average molecular weight is 252 g/mol. The molecule has 0 saturated carbocycles. The molecule has 2 aromatic rings. The summed E-state index contributed by atoms with van der Waals surface area (Å²) in [6.45, 7) is 0.0307. The van der Waals surface area contributed by atoms with Gasteiger partial charge in [0.2, 0.25) is 0 Å². The molecule has 0 unspecified atom stereocenters. The first kappa shape index (κ1) is 11.3. The van der Waals surface area contributed by atoms with Crippen LogP contribution < -0.4 is 4.74 Å². The number of aromatic nitrogens is 2. The zero-order chi connectivity index (χ0) is 12.3. The highest BCUT2D eigenvalue weighted by Gasteiger charge is 2.15. The van der Waals surface area contributed by atoms with E-state index in [1.165, 1.54) is 12.1 Å². The molecule has 0 atom stereocenters. The number of hydrogen-bond donors (Lipinski definition) is 2. The molecule has 0 aliphatic heterocycles. The van der Waals surface area contributed by atoms with Crippen molar-refractivity contribution in [3.05, 3.63) is 34.8 Å². The number of phenolic OH excluding ortho intramolecular Hbond substituents is 1. The van der Waals surface area contributed by atoms with Crippen molar-refractivity contribution < 1.29 is 19.7 Å². The molecule has 0 bridgehead atoms. The van der Waals surface area contributed by atoms with Crippen molar-refractivity contribution in [3.63, 3.8) is 0 Å². The van der Waals surface area contributed by atoms with E-state index in [4.69, 9.17) is 14.9 Å². The van der Waals surface area contributed by atoms with Crippen molar-refractivity contribution in [2.75, 3.05) is 0 Å². The maximum absolute atomic E-state index is 10.8. The summed E-state index contributed by atoms with van der Waals surface area (Å²) in [5, 5.41) is 21.6. The maximum Gasteiger partial charge on any atom is 0.349 e. The van der Waals surface area contributed by atoms with Gasteiger partial charge < -0.3 is 14.9 Å². The van der Waals surface area contributed by atoms with Gasteiger partial charge in [0.25, 0.3) is 0 Å². The molecule has 1 aromatic carbocycles. The fourth-order valence-corrected chi connectivity index (χ4v) is 1.66. The Kier molecular flexibility index (Phi) is 3.20. The second kappa shape index (κ2) is 4.79. The minimum Gasteiger partial charge on any atom is -0.508 e. The maximum atomic E-state index is 10.8. The lowest BCUT2D eigenvalue weighted by Gasteiger charge is -2.04.